The predicted octanol–water partition coefficient (Wildman–Crippen LogP) is 0.579. The van der Waals surface area contributed by atoms with Crippen LogP contribution in [0.1, 0.15) is 19.8 Å². The minimum Gasteiger partial charge on any atom is -0.481 e. The molecule has 82 valence electrons. The number of terminal acetylenes is 1. The minimum absolute atomic E-state index is 0.00188. The highest BCUT2D eigenvalue weighted by Gasteiger charge is 2.32. The number of carbonyl (C=O) groups is 2. The molecule has 4 heteroatoms. The maximum absolute atomic E-state index is 11.5. The molecule has 0 aromatic heterocycles. The standard InChI is InChI=1S/C11H15NO3/c1-3-4-10(13)12-6-5-9(11(14)15)8(2)7-12/h1,8-9H,4-7H2,2H3,(H,14,15). The molecule has 0 radical (unpaired) electrons. The number of piperidine rings is 1. The second kappa shape index (κ2) is 4.83. The Morgan fingerprint density at radius 1 is 1.60 bits per heavy atom. The Labute approximate surface area is 89.3 Å². The van der Waals surface area contributed by atoms with Crippen LogP contribution in [0, 0.1) is 24.2 Å². The van der Waals surface area contributed by atoms with E-state index in [0.29, 0.717) is 19.5 Å². The van der Waals surface area contributed by atoms with Gasteiger partial charge in [-0.3, -0.25) is 9.59 Å². The highest BCUT2D eigenvalue weighted by molar-refractivity contribution is 5.79. The van der Waals surface area contributed by atoms with E-state index in [2.05, 4.69) is 5.92 Å². The molecule has 1 saturated heterocycles. The van der Waals surface area contributed by atoms with E-state index in [1.54, 1.807) is 4.90 Å². The first-order chi connectivity index (χ1) is 7.06. The molecule has 1 amide bonds. The van der Waals surface area contributed by atoms with E-state index in [-0.39, 0.29) is 24.2 Å². The predicted molar refractivity (Wildman–Crippen MR) is 54.9 cm³/mol. The second-order valence-electron chi connectivity index (χ2n) is 3.93. The fourth-order valence-electron chi connectivity index (χ4n) is 1.94. The van der Waals surface area contributed by atoms with Crippen molar-refractivity contribution in [3.8, 4) is 12.3 Å². The van der Waals surface area contributed by atoms with E-state index in [9.17, 15) is 9.59 Å². The third-order valence-electron chi connectivity index (χ3n) is 2.83. The maximum Gasteiger partial charge on any atom is 0.306 e. The van der Waals surface area contributed by atoms with Gasteiger partial charge in [-0.15, -0.1) is 6.42 Å². The SMILES string of the molecule is C#CCC(=O)N1CCC(C(=O)O)C(C)C1. The lowest BCUT2D eigenvalue weighted by atomic mass is 9.87. The van der Waals surface area contributed by atoms with E-state index in [1.165, 1.54) is 0 Å². The van der Waals surface area contributed by atoms with Gasteiger partial charge in [0.1, 0.15) is 0 Å². The third-order valence-corrected chi connectivity index (χ3v) is 2.83. The van der Waals surface area contributed by atoms with Crippen LogP contribution in [-0.2, 0) is 9.59 Å². The van der Waals surface area contributed by atoms with Crippen LogP contribution in [0.4, 0.5) is 0 Å². The number of amides is 1. The molecular weight excluding hydrogens is 194 g/mol. The summed E-state index contributed by atoms with van der Waals surface area (Å²) in [5.74, 6) is 1.12. The Morgan fingerprint density at radius 3 is 2.73 bits per heavy atom. The van der Waals surface area contributed by atoms with Crippen LogP contribution < -0.4 is 0 Å². The van der Waals surface area contributed by atoms with Crippen molar-refractivity contribution in [2.75, 3.05) is 13.1 Å². The number of carbonyl (C=O) groups excluding carboxylic acids is 1. The fourth-order valence-corrected chi connectivity index (χ4v) is 1.94. The smallest absolute Gasteiger partial charge is 0.306 e. The Morgan fingerprint density at radius 2 is 2.27 bits per heavy atom. The molecule has 1 aliphatic rings. The Bertz CT molecular complexity index is 305. The molecular formula is C11H15NO3. The molecule has 1 rings (SSSR count). The van der Waals surface area contributed by atoms with Crippen molar-refractivity contribution in [2.24, 2.45) is 11.8 Å². The molecule has 15 heavy (non-hydrogen) atoms. The highest BCUT2D eigenvalue weighted by atomic mass is 16.4. The van der Waals surface area contributed by atoms with Crippen LogP contribution in [-0.4, -0.2) is 35.0 Å². The quantitative estimate of drug-likeness (QED) is 0.677. The van der Waals surface area contributed by atoms with Gasteiger partial charge in [-0.2, -0.15) is 0 Å². The number of hydrogen-bond acceptors (Lipinski definition) is 2. The van der Waals surface area contributed by atoms with Gasteiger partial charge in [0.05, 0.1) is 12.3 Å². The van der Waals surface area contributed by atoms with Gasteiger partial charge in [0.2, 0.25) is 5.91 Å². The zero-order valence-corrected chi connectivity index (χ0v) is 8.77. The molecule has 2 unspecified atom stereocenters. The molecule has 4 nitrogen and oxygen atoms in total. The molecule has 1 fully saturated rings. The summed E-state index contributed by atoms with van der Waals surface area (Å²) in [6, 6.07) is 0. The molecule has 1 N–H and O–H groups in total. The number of likely N-dealkylation sites (tertiary alicyclic amines) is 1. The number of rotatable bonds is 2. The molecule has 0 bridgehead atoms. The normalized spacial score (nSPS) is 25.7. The van der Waals surface area contributed by atoms with Crippen molar-refractivity contribution < 1.29 is 14.7 Å². The number of hydrogen-bond donors (Lipinski definition) is 1. The van der Waals surface area contributed by atoms with E-state index in [1.807, 2.05) is 6.92 Å². The number of carboxylic acids is 1. The van der Waals surface area contributed by atoms with Crippen LogP contribution in [0.2, 0.25) is 0 Å². The zero-order valence-electron chi connectivity index (χ0n) is 8.77. The molecule has 0 aromatic rings. The summed E-state index contributed by atoms with van der Waals surface area (Å²) in [6.07, 6.45) is 5.68. The van der Waals surface area contributed by atoms with E-state index >= 15 is 0 Å². The van der Waals surface area contributed by atoms with E-state index in [4.69, 9.17) is 11.5 Å². The first kappa shape index (κ1) is 11.6. The number of carboxylic acid groups (broad SMARTS) is 1. The van der Waals surface area contributed by atoms with Crippen LogP contribution in [0.3, 0.4) is 0 Å². The van der Waals surface area contributed by atoms with Crippen molar-refractivity contribution in [1.82, 2.24) is 4.90 Å². The Hall–Kier alpha value is -1.50. The van der Waals surface area contributed by atoms with Crippen LogP contribution in [0.15, 0.2) is 0 Å². The fraction of sp³-hybridized carbons (Fsp3) is 0.636. The summed E-state index contributed by atoms with van der Waals surface area (Å²) in [7, 11) is 0. The van der Waals surface area contributed by atoms with Crippen LogP contribution in [0.25, 0.3) is 0 Å². The summed E-state index contributed by atoms with van der Waals surface area (Å²) in [4.78, 5) is 23.9. The number of aliphatic carboxylic acids is 1. The van der Waals surface area contributed by atoms with Gasteiger partial charge < -0.3 is 10.0 Å². The van der Waals surface area contributed by atoms with E-state index in [0.717, 1.165) is 0 Å². The molecule has 0 aliphatic carbocycles. The monoisotopic (exact) mass is 209 g/mol. The van der Waals surface area contributed by atoms with E-state index < -0.39 is 5.97 Å². The minimum atomic E-state index is -0.772. The Kier molecular flexibility index (Phi) is 3.73. The molecule has 0 aromatic carbocycles. The van der Waals surface area contributed by atoms with Gasteiger partial charge >= 0.3 is 5.97 Å². The van der Waals surface area contributed by atoms with Crippen molar-refractivity contribution in [3.05, 3.63) is 0 Å². The second-order valence-corrected chi connectivity index (χ2v) is 3.93. The van der Waals surface area contributed by atoms with Gasteiger partial charge in [0, 0.05) is 13.1 Å². The first-order valence-electron chi connectivity index (χ1n) is 5.00. The topological polar surface area (TPSA) is 57.6 Å². The summed E-state index contributed by atoms with van der Waals surface area (Å²) < 4.78 is 0. The van der Waals surface area contributed by atoms with Crippen molar-refractivity contribution >= 4 is 11.9 Å². The molecule has 1 aliphatic heterocycles. The molecule has 2 atom stereocenters. The Balaban J connectivity index is 2.55. The summed E-state index contributed by atoms with van der Waals surface area (Å²) >= 11 is 0. The number of nitrogens with zero attached hydrogens (tertiary/aromatic N) is 1. The zero-order chi connectivity index (χ0) is 11.4. The lowest BCUT2D eigenvalue weighted by Crippen LogP contribution is -2.44. The molecule has 0 saturated carbocycles. The largest absolute Gasteiger partial charge is 0.481 e. The highest BCUT2D eigenvalue weighted by Crippen LogP contribution is 2.23. The van der Waals surface area contributed by atoms with Gasteiger partial charge in [-0.05, 0) is 12.3 Å². The summed E-state index contributed by atoms with van der Waals surface area (Å²) in [5, 5.41) is 8.90. The average molecular weight is 209 g/mol. The van der Waals surface area contributed by atoms with Crippen molar-refractivity contribution in [3.63, 3.8) is 0 Å². The lowest BCUT2D eigenvalue weighted by molar-refractivity contribution is -0.148. The van der Waals surface area contributed by atoms with Gasteiger partial charge in [-0.25, -0.2) is 0 Å². The van der Waals surface area contributed by atoms with Gasteiger partial charge in [0.15, 0.2) is 0 Å². The van der Waals surface area contributed by atoms with Gasteiger partial charge in [0.25, 0.3) is 0 Å². The van der Waals surface area contributed by atoms with Gasteiger partial charge in [-0.1, -0.05) is 12.8 Å². The lowest BCUT2D eigenvalue weighted by Gasteiger charge is -2.34. The van der Waals surface area contributed by atoms with Crippen molar-refractivity contribution in [1.29, 1.82) is 0 Å². The molecule has 0 spiro atoms. The third kappa shape index (κ3) is 2.72. The maximum atomic E-state index is 11.5. The first-order valence-corrected chi connectivity index (χ1v) is 5.00. The average Bonchev–Trinajstić information content (AvgIpc) is 2.17. The van der Waals surface area contributed by atoms with Crippen molar-refractivity contribution in [2.45, 2.75) is 19.8 Å². The molecule has 1 heterocycles. The summed E-state index contributed by atoms with van der Waals surface area (Å²) in [6.45, 7) is 2.85. The van der Waals surface area contributed by atoms with Crippen LogP contribution in [0.5, 0.6) is 0 Å². The van der Waals surface area contributed by atoms with Crippen LogP contribution >= 0.6 is 0 Å². The summed E-state index contributed by atoms with van der Waals surface area (Å²) in [5.41, 5.74) is 0.